The maximum absolute atomic E-state index is 12.4. The molecule has 0 radical (unpaired) electrons. The second-order valence-corrected chi connectivity index (χ2v) is 7.06. The molecule has 9 heteroatoms. The summed E-state index contributed by atoms with van der Waals surface area (Å²) in [5.41, 5.74) is 0.747. The highest BCUT2D eigenvalue weighted by atomic mass is 32.2. The summed E-state index contributed by atoms with van der Waals surface area (Å²) in [7, 11) is 0. The van der Waals surface area contributed by atoms with Crippen LogP contribution in [0.1, 0.15) is 32.6 Å². The number of furan rings is 1. The van der Waals surface area contributed by atoms with Gasteiger partial charge in [-0.1, -0.05) is 11.8 Å². The van der Waals surface area contributed by atoms with E-state index in [1.54, 1.807) is 36.2 Å². The fraction of sp³-hybridized carbons (Fsp3) is 0.375. The quantitative estimate of drug-likeness (QED) is 0.670. The van der Waals surface area contributed by atoms with Gasteiger partial charge in [0.25, 0.3) is 11.1 Å². The van der Waals surface area contributed by atoms with E-state index in [9.17, 15) is 4.79 Å². The van der Waals surface area contributed by atoms with Gasteiger partial charge >= 0.3 is 0 Å². The second-order valence-electron chi connectivity index (χ2n) is 5.77. The summed E-state index contributed by atoms with van der Waals surface area (Å²) >= 11 is 1.20. The van der Waals surface area contributed by atoms with Gasteiger partial charge in [-0.05, 0) is 33.8 Å². The number of nitrogens with zero attached hydrogens (tertiary/aromatic N) is 4. The largest absolute Gasteiger partial charge is 0.469 e. The first kappa shape index (κ1) is 17.3. The Morgan fingerprint density at radius 1 is 1.28 bits per heavy atom. The van der Waals surface area contributed by atoms with Gasteiger partial charge in [0.1, 0.15) is 11.6 Å². The number of carbonyl (C=O) groups excluding carboxylic acids is 1. The van der Waals surface area contributed by atoms with Crippen molar-refractivity contribution in [2.24, 2.45) is 0 Å². The van der Waals surface area contributed by atoms with Crippen molar-refractivity contribution in [1.82, 2.24) is 20.0 Å². The third-order valence-electron chi connectivity index (χ3n) is 3.55. The first-order valence-electron chi connectivity index (χ1n) is 7.84. The lowest BCUT2D eigenvalue weighted by atomic mass is 10.3. The Morgan fingerprint density at radius 3 is 2.76 bits per heavy atom. The van der Waals surface area contributed by atoms with Crippen LogP contribution in [0.3, 0.4) is 0 Å². The van der Waals surface area contributed by atoms with Crippen molar-refractivity contribution < 1.29 is 13.6 Å². The fourth-order valence-corrected chi connectivity index (χ4v) is 2.91. The predicted molar refractivity (Wildman–Crippen MR) is 93.3 cm³/mol. The Balaban J connectivity index is 1.65. The van der Waals surface area contributed by atoms with Gasteiger partial charge in [0.2, 0.25) is 5.91 Å². The van der Waals surface area contributed by atoms with Crippen LogP contribution in [0.5, 0.6) is 0 Å². The minimum Gasteiger partial charge on any atom is -0.469 e. The number of rotatable bonds is 6. The highest BCUT2D eigenvalue weighted by molar-refractivity contribution is 8.00. The second kappa shape index (κ2) is 7.14. The van der Waals surface area contributed by atoms with Gasteiger partial charge in [0, 0.05) is 12.1 Å². The Kier molecular flexibility index (Phi) is 4.93. The van der Waals surface area contributed by atoms with Gasteiger partial charge in [-0.15, -0.1) is 10.2 Å². The van der Waals surface area contributed by atoms with Crippen molar-refractivity contribution in [3.05, 3.63) is 30.4 Å². The summed E-state index contributed by atoms with van der Waals surface area (Å²) in [4.78, 5) is 12.4. The van der Waals surface area contributed by atoms with Crippen LogP contribution in [0.25, 0.3) is 11.5 Å². The molecule has 1 amide bonds. The van der Waals surface area contributed by atoms with E-state index >= 15 is 0 Å². The number of aryl methyl sites for hydroxylation is 1. The van der Waals surface area contributed by atoms with Crippen molar-refractivity contribution in [1.29, 1.82) is 0 Å². The maximum Gasteiger partial charge on any atom is 0.277 e. The monoisotopic (exact) mass is 361 g/mol. The van der Waals surface area contributed by atoms with Gasteiger partial charge in [0.05, 0.1) is 23.3 Å². The SMILES string of the molecule is Cc1occc1-c1nnc(SC(C)C(=O)Nc2ccnn2C(C)C)o1. The van der Waals surface area contributed by atoms with E-state index in [0.29, 0.717) is 22.7 Å². The van der Waals surface area contributed by atoms with E-state index in [1.807, 2.05) is 20.8 Å². The third kappa shape index (κ3) is 3.76. The summed E-state index contributed by atoms with van der Waals surface area (Å²) < 4.78 is 12.6. The van der Waals surface area contributed by atoms with Crippen LogP contribution in [0.4, 0.5) is 5.82 Å². The predicted octanol–water partition coefficient (Wildman–Crippen LogP) is 3.53. The van der Waals surface area contributed by atoms with Crippen LogP contribution >= 0.6 is 11.8 Å². The van der Waals surface area contributed by atoms with Gasteiger partial charge in [0.15, 0.2) is 0 Å². The van der Waals surface area contributed by atoms with Gasteiger partial charge in [-0.25, -0.2) is 4.68 Å². The molecule has 0 spiro atoms. The van der Waals surface area contributed by atoms with E-state index in [-0.39, 0.29) is 11.9 Å². The molecule has 0 fully saturated rings. The van der Waals surface area contributed by atoms with E-state index in [0.717, 1.165) is 5.56 Å². The van der Waals surface area contributed by atoms with E-state index < -0.39 is 5.25 Å². The summed E-state index contributed by atoms with van der Waals surface area (Å²) in [6, 6.07) is 3.69. The summed E-state index contributed by atoms with van der Waals surface area (Å²) in [6.45, 7) is 7.60. The molecule has 8 nitrogen and oxygen atoms in total. The molecular weight excluding hydrogens is 342 g/mol. The molecule has 132 valence electrons. The average Bonchev–Trinajstić information content (AvgIpc) is 3.27. The molecule has 1 N–H and O–H groups in total. The number of nitrogens with one attached hydrogen (secondary N) is 1. The van der Waals surface area contributed by atoms with Gasteiger partial charge in [-0.2, -0.15) is 5.10 Å². The standard InChI is InChI=1S/C16H19N5O3S/c1-9(2)21-13(5-7-17-21)18-14(22)11(4)25-16-20-19-15(24-16)12-6-8-23-10(12)3/h5-9,11H,1-4H3,(H,18,22). The average molecular weight is 361 g/mol. The molecule has 0 aliphatic heterocycles. The van der Waals surface area contributed by atoms with E-state index in [2.05, 4.69) is 20.6 Å². The number of carbonyl (C=O) groups is 1. The third-order valence-corrected chi connectivity index (χ3v) is 4.49. The lowest BCUT2D eigenvalue weighted by molar-refractivity contribution is -0.115. The molecule has 1 atom stereocenters. The number of hydrogen-bond acceptors (Lipinski definition) is 7. The lowest BCUT2D eigenvalue weighted by Crippen LogP contribution is -2.24. The van der Waals surface area contributed by atoms with Crippen LogP contribution in [-0.4, -0.2) is 31.1 Å². The Bertz CT molecular complexity index is 867. The molecule has 0 aromatic carbocycles. The minimum atomic E-state index is -0.408. The molecule has 3 aromatic heterocycles. The first-order chi connectivity index (χ1) is 12.0. The molecule has 25 heavy (non-hydrogen) atoms. The molecule has 0 bridgehead atoms. The molecule has 0 aliphatic rings. The van der Waals surface area contributed by atoms with Crippen LogP contribution in [0, 0.1) is 6.92 Å². The first-order valence-corrected chi connectivity index (χ1v) is 8.72. The Hall–Kier alpha value is -2.55. The van der Waals surface area contributed by atoms with Gasteiger partial charge in [-0.3, -0.25) is 4.79 Å². The molecule has 0 saturated heterocycles. The van der Waals surface area contributed by atoms with Crippen molar-refractivity contribution in [3.63, 3.8) is 0 Å². The lowest BCUT2D eigenvalue weighted by Gasteiger charge is -2.13. The molecule has 3 aromatic rings. The van der Waals surface area contributed by atoms with Crippen molar-refractivity contribution in [2.75, 3.05) is 5.32 Å². The molecule has 1 unspecified atom stereocenters. The summed E-state index contributed by atoms with van der Waals surface area (Å²) in [5.74, 6) is 1.58. The van der Waals surface area contributed by atoms with Crippen LogP contribution in [-0.2, 0) is 4.79 Å². The molecule has 0 saturated carbocycles. The topological polar surface area (TPSA) is 99.0 Å². The van der Waals surface area contributed by atoms with Crippen molar-refractivity contribution in [2.45, 2.75) is 44.2 Å². The normalized spacial score (nSPS) is 12.5. The molecule has 3 heterocycles. The van der Waals surface area contributed by atoms with Crippen LogP contribution < -0.4 is 5.32 Å². The summed E-state index contributed by atoms with van der Waals surface area (Å²) in [5, 5.41) is 15.0. The summed E-state index contributed by atoms with van der Waals surface area (Å²) in [6.07, 6.45) is 3.22. The molecular formula is C16H19N5O3S. The van der Waals surface area contributed by atoms with E-state index in [4.69, 9.17) is 8.83 Å². The number of anilines is 1. The van der Waals surface area contributed by atoms with Crippen molar-refractivity contribution >= 4 is 23.5 Å². The number of amides is 1. The highest BCUT2D eigenvalue weighted by Gasteiger charge is 2.21. The number of thioether (sulfide) groups is 1. The van der Waals surface area contributed by atoms with Crippen molar-refractivity contribution in [3.8, 4) is 11.5 Å². The minimum absolute atomic E-state index is 0.157. The van der Waals surface area contributed by atoms with Crippen LogP contribution in [0.2, 0.25) is 0 Å². The smallest absolute Gasteiger partial charge is 0.277 e. The van der Waals surface area contributed by atoms with Gasteiger partial charge < -0.3 is 14.2 Å². The zero-order valence-corrected chi connectivity index (χ0v) is 15.2. The van der Waals surface area contributed by atoms with Crippen LogP contribution in [0.15, 0.2) is 38.6 Å². The van der Waals surface area contributed by atoms with E-state index in [1.165, 1.54) is 11.8 Å². The zero-order chi connectivity index (χ0) is 18.0. The Morgan fingerprint density at radius 2 is 2.08 bits per heavy atom. The molecule has 0 aliphatic carbocycles. The maximum atomic E-state index is 12.4. The zero-order valence-electron chi connectivity index (χ0n) is 14.4. The number of hydrogen-bond donors (Lipinski definition) is 1. The number of aromatic nitrogens is 4. The highest BCUT2D eigenvalue weighted by Crippen LogP contribution is 2.28. The molecule has 3 rings (SSSR count). The fourth-order valence-electron chi connectivity index (χ4n) is 2.23. The Labute approximate surface area is 149 Å².